The second kappa shape index (κ2) is 6.15. The SMILES string of the molecule is CCC(C#N)N(C)CCc1ccccn1. The molecule has 0 aliphatic heterocycles. The van der Waals surface area contributed by atoms with Gasteiger partial charge in [0.1, 0.15) is 0 Å². The van der Waals surface area contributed by atoms with E-state index in [2.05, 4.69) is 16.0 Å². The van der Waals surface area contributed by atoms with Gasteiger partial charge in [0, 0.05) is 24.9 Å². The first-order valence-corrected chi connectivity index (χ1v) is 5.27. The predicted molar refractivity (Wildman–Crippen MR) is 60.3 cm³/mol. The third-order valence-corrected chi connectivity index (χ3v) is 2.51. The van der Waals surface area contributed by atoms with Crippen molar-refractivity contribution in [2.45, 2.75) is 25.8 Å². The molecule has 15 heavy (non-hydrogen) atoms. The van der Waals surface area contributed by atoms with Crippen molar-refractivity contribution in [3.8, 4) is 6.07 Å². The van der Waals surface area contributed by atoms with Gasteiger partial charge in [0.05, 0.1) is 12.1 Å². The lowest BCUT2D eigenvalue weighted by atomic mass is 10.2. The van der Waals surface area contributed by atoms with E-state index in [1.165, 1.54) is 0 Å². The molecule has 1 rings (SSSR count). The van der Waals surface area contributed by atoms with Crippen molar-refractivity contribution < 1.29 is 0 Å². The monoisotopic (exact) mass is 203 g/mol. The van der Waals surface area contributed by atoms with Crippen molar-refractivity contribution in [1.82, 2.24) is 9.88 Å². The van der Waals surface area contributed by atoms with Crippen molar-refractivity contribution in [2.75, 3.05) is 13.6 Å². The molecule has 0 aliphatic carbocycles. The highest BCUT2D eigenvalue weighted by Gasteiger charge is 2.10. The van der Waals surface area contributed by atoms with Gasteiger partial charge >= 0.3 is 0 Å². The fourth-order valence-corrected chi connectivity index (χ4v) is 1.49. The minimum atomic E-state index is 0.0220. The summed E-state index contributed by atoms with van der Waals surface area (Å²) < 4.78 is 0. The summed E-state index contributed by atoms with van der Waals surface area (Å²) in [4.78, 5) is 6.33. The molecule has 0 amide bonds. The van der Waals surface area contributed by atoms with Crippen LogP contribution in [0.1, 0.15) is 19.0 Å². The van der Waals surface area contributed by atoms with Crippen LogP contribution in [0.15, 0.2) is 24.4 Å². The molecule has 1 heterocycles. The molecule has 0 aliphatic rings. The Labute approximate surface area is 91.4 Å². The van der Waals surface area contributed by atoms with E-state index in [-0.39, 0.29) is 6.04 Å². The van der Waals surface area contributed by atoms with Gasteiger partial charge in [-0.3, -0.25) is 9.88 Å². The van der Waals surface area contributed by atoms with Crippen molar-refractivity contribution in [1.29, 1.82) is 5.26 Å². The van der Waals surface area contributed by atoms with Crippen LogP contribution in [0.5, 0.6) is 0 Å². The maximum atomic E-state index is 8.89. The maximum absolute atomic E-state index is 8.89. The molecular formula is C12H17N3. The lowest BCUT2D eigenvalue weighted by molar-refractivity contribution is 0.284. The first-order valence-electron chi connectivity index (χ1n) is 5.27. The van der Waals surface area contributed by atoms with Gasteiger partial charge in [-0.1, -0.05) is 13.0 Å². The minimum Gasteiger partial charge on any atom is -0.291 e. The van der Waals surface area contributed by atoms with Crippen LogP contribution in [0, 0.1) is 11.3 Å². The van der Waals surface area contributed by atoms with Crippen LogP contribution in [0.3, 0.4) is 0 Å². The van der Waals surface area contributed by atoms with Crippen molar-refractivity contribution in [3.63, 3.8) is 0 Å². The summed E-state index contributed by atoms with van der Waals surface area (Å²) in [5, 5.41) is 8.89. The molecule has 0 spiro atoms. The van der Waals surface area contributed by atoms with Gasteiger partial charge in [0.2, 0.25) is 0 Å². The van der Waals surface area contributed by atoms with Crippen LogP contribution >= 0.6 is 0 Å². The fraction of sp³-hybridized carbons (Fsp3) is 0.500. The highest BCUT2D eigenvalue weighted by Crippen LogP contribution is 2.02. The van der Waals surface area contributed by atoms with Gasteiger partial charge in [-0.25, -0.2) is 0 Å². The maximum Gasteiger partial charge on any atom is 0.0972 e. The Kier molecular flexibility index (Phi) is 4.79. The highest BCUT2D eigenvalue weighted by molar-refractivity contribution is 5.04. The zero-order valence-corrected chi connectivity index (χ0v) is 9.35. The average molecular weight is 203 g/mol. The Morgan fingerprint density at radius 2 is 2.33 bits per heavy atom. The van der Waals surface area contributed by atoms with E-state index in [1.54, 1.807) is 6.20 Å². The number of rotatable bonds is 5. The minimum absolute atomic E-state index is 0.0220. The Morgan fingerprint density at radius 3 is 2.87 bits per heavy atom. The molecule has 0 saturated heterocycles. The third-order valence-electron chi connectivity index (χ3n) is 2.51. The van der Waals surface area contributed by atoms with Crippen LogP contribution in [0.25, 0.3) is 0 Å². The van der Waals surface area contributed by atoms with Gasteiger partial charge in [-0.05, 0) is 25.6 Å². The predicted octanol–water partition coefficient (Wildman–Crippen LogP) is 1.86. The fourth-order valence-electron chi connectivity index (χ4n) is 1.49. The molecule has 0 aromatic carbocycles. The van der Waals surface area contributed by atoms with E-state index in [0.29, 0.717) is 0 Å². The van der Waals surface area contributed by atoms with Crippen LogP contribution in [0.2, 0.25) is 0 Å². The van der Waals surface area contributed by atoms with Gasteiger partial charge in [0.15, 0.2) is 0 Å². The van der Waals surface area contributed by atoms with Crippen LogP contribution in [-0.2, 0) is 6.42 Å². The summed E-state index contributed by atoms with van der Waals surface area (Å²) in [5.74, 6) is 0. The number of pyridine rings is 1. The Morgan fingerprint density at radius 1 is 1.53 bits per heavy atom. The molecule has 1 aromatic heterocycles. The molecule has 0 bridgehead atoms. The molecule has 3 nitrogen and oxygen atoms in total. The molecule has 0 radical (unpaired) electrons. The number of likely N-dealkylation sites (N-methyl/N-ethyl adjacent to an activating group) is 1. The number of hydrogen-bond acceptors (Lipinski definition) is 3. The van der Waals surface area contributed by atoms with Crippen molar-refractivity contribution in [3.05, 3.63) is 30.1 Å². The number of nitrogens with zero attached hydrogens (tertiary/aromatic N) is 3. The normalized spacial score (nSPS) is 12.4. The zero-order chi connectivity index (χ0) is 11.1. The summed E-state index contributed by atoms with van der Waals surface area (Å²) in [6, 6.07) is 8.23. The lowest BCUT2D eigenvalue weighted by Crippen LogP contribution is -2.31. The molecule has 1 unspecified atom stereocenters. The number of hydrogen-bond donors (Lipinski definition) is 0. The summed E-state index contributed by atoms with van der Waals surface area (Å²) in [6.45, 7) is 2.91. The lowest BCUT2D eigenvalue weighted by Gasteiger charge is -2.20. The van der Waals surface area contributed by atoms with E-state index in [9.17, 15) is 0 Å². The summed E-state index contributed by atoms with van der Waals surface area (Å²) >= 11 is 0. The molecule has 0 saturated carbocycles. The molecule has 80 valence electrons. The van der Waals surface area contributed by atoms with Gasteiger partial charge in [-0.2, -0.15) is 5.26 Å². The quantitative estimate of drug-likeness (QED) is 0.733. The summed E-state index contributed by atoms with van der Waals surface area (Å²) in [5.41, 5.74) is 1.08. The third kappa shape index (κ3) is 3.69. The summed E-state index contributed by atoms with van der Waals surface area (Å²) in [7, 11) is 1.99. The van der Waals surface area contributed by atoms with Crippen LogP contribution < -0.4 is 0 Å². The van der Waals surface area contributed by atoms with E-state index in [0.717, 1.165) is 25.1 Å². The van der Waals surface area contributed by atoms with E-state index >= 15 is 0 Å². The molecule has 1 atom stereocenters. The number of aromatic nitrogens is 1. The van der Waals surface area contributed by atoms with Crippen molar-refractivity contribution in [2.24, 2.45) is 0 Å². The average Bonchev–Trinajstić information content (AvgIpc) is 2.29. The molecule has 0 fully saturated rings. The topological polar surface area (TPSA) is 39.9 Å². The first-order chi connectivity index (χ1) is 7.27. The standard InChI is InChI=1S/C12H17N3/c1-3-12(10-13)15(2)9-7-11-6-4-5-8-14-11/h4-6,8,12H,3,7,9H2,1-2H3. The first kappa shape index (κ1) is 11.7. The molecule has 3 heteroatoms. The number of nitriles is 1. The van der Waals surface area contributed by atoms with Crippen LogP contribution in [0.4, 0.5) is 0 Å². The second-order valence-electron chi connectivity index (χ2n) is 3.60. The zero-order valence-electron chi connectivity index (χ0n) is 9.35. The largest absolute Gasteiger partial charge is 0.291 e. The van der Waals surface area contributed by atoms with E-state index in [1.807, 2.05) is 32.2 Å². The molecule has 0 N–H and O–H groups in total. The smallest absolute Gasteiger partial charge is 0.0972 e. The van der Waals surface area contributed by atoms with E-state index in [4.69, 9.17) is 5.26 Å². The Hall–Kier alpha value is -1.40. The van der Waals surface area contributed by atoms with Crippen LogP contribution in [-0.4, -0.2) is 29.5 Å². The van der Waals surface area contributed by atoms with Crippen molar-refractivity contribution >= 4 is 0 Å². The molecular weight excluding hydrogens is 186 g/mol. The summed E-state index contributed by atoms with van der Waals surface area (Å²) in [6.07, 6.45) is 3.57. The molecule has 1 aromatic rings. The Balaban J connectivity index is 2.41. The highest BCUT2D eigenvalue weighted by atomic mass is 15.1. The Bertz CT molecular complexity index is 315. The second-order valence-corrected chi connectivity index (χ2v) is 3.60. The van der Waals surface area contributed by atoms with E-state index < -0.39 is 0 Å². The van der Waals surface area contributed by atoms with Gasteiger partial charge in [0.25, 0.3) is 0 Å². The van der Waals surface area contributed by atoms with Gasteiger partial charge in [-0.15, -0.1) is 0 Å². The van der Waals surface area contributed by atoms with Gasteiger partial charge < -0.3 is 0 Å².